The Hall–Kier alpha value is -3.22. The Morgan fingerprint density at radius 3 is 2.62 bits per heavy atom. The van der Waals surface area contributed by atoms with Gasteiger partial charge in [-0.05, 0) is 59.7 Å². The molecule has 3 aromatic carbocycles. The van der Waals surface area contributed by atoms with E-state index < -0.39 is 0 Å². The summed E-state index contributed by atoms with van der Waals surface area (Å²) in [6.45, 7) is 0.509. The minimum atomic E-state index is 0.405. The van der Waals surface area contributed by atoms with Crippen LogP contribution in [-0.4, -0.2) is 21.1 Å². The molecule has 4 rings (SSSR count). The highest BCUT2D eigenvalue weighted by Gasteiger charge is 2.08. The van der Waals surface area contributed by atoms with E-state index in [4.69, 9.17) is 28.6 Å². The lowest BCUT2D eigenvalue weighted by atomic mass is 10.2. The highest BCUT2D eigenvalue weighted by molar-refractivity contribution is 7.71. The van der Waals surface area contributed by atoms with Gasteiger partial charge in [0.25, 0.3) is 0 Å². The van der Waals surface area contributed by atoms with Crippen LogP contribution in [0.2, 0.25) is 5.02 Å². The second-order valence-corrected chi connectivity index (χ2v) is 7.09. The van der Waals surface area contributed by atoms with Crippen LogP contribution in [-0.2, 0) is 6.61 Å². The molecule has 0 fully saturated rings. The number of hydrogen-bond donors (Lipinski definition) is 1. The number of benzene rings is 3. The lowest BCUT2D eigenvalue weighted by Gasteiger charge is -2.07. The molecule has 0 aliphatic carbocycles. The van der Waals surface area contributed by atoms with Crippen LogP contribution in [0.1, 0.15) is 11.1 Å². The van der Waals surface area contributed by atoms with Crippen molar-refractivity contribution in [3.8, 4) is 17.1 Å². The smallest absolute Gasteiger partial charge is 0.216 e. The van der Waals surface area contributed by atoms with Gasteiger partial charge < -0.3 is 4.74 Å². The molecule has 1 heterocycles. The van der Waals surface area contributed by atoms with Gasteiger partial charge in [-0.25, -0.2) is 5.10 Å². The number of nitrogens with one attached hydrogen (secondary N) is 1. The Bertz CT molecular complexity index is 1180. The fraction of sp³-hybridized carbons (Fsp3) is 0.0455. The molecule has 0 unspecified atom stereocenters. The van der Waals surface area contributed by atoms with Gasteiger partial charge >= 0.3 is 0 Å². The van der Waals surface area contributed by atoms with E-state index in [0.29, 0.717) is 22.2 Å². The third kappa shape index (κ3) is 4.80. The third-order valence-electron chi connectivity index (χ3n) is 4.18. The molecular formula is C22H17ClN4OS. The summed E-state index contributed by atoms with van der Waals surface area (Å²) in [6.07, 6.45) is 1.72. The molecule has 0 saturated carbocycles. The van der Waals surface area contributed by atoms with Gasteiger partial charge in [-0.2, -0.15) is 14.9 Å². The van der Waals surface area contributed by atoms with Crippen LogP contribution in [0, 0.1) is 4.77 Å². The molecule has 0 bridgehead atoms. The molecule has 0 aliphatic heterocycles. The molecule has 4 aromatic rings. The van der Waals surface area contributed by atoms with Gasteiger partial charge in [0.15, 0.2) is 5.82 Å². The summed E-state index contributed by atoms with van der Waals surface area (Å²) >= 11 is 11.3. The molecule has 0 aliphatic rings. The number of aromatic nitrogens is 3. The van der Waals surface area contributed by atoms with Crippen LogP contribution >= 0.6 is 23.8 Å². The summed E-state index contributed by atoms with van der Waals surface area (Å²) in [4.78, 5) is 0. The fourth-order valence-corrected chi connectivity index (χ4v) is 3.04. The monoisotopic (exact) mass is 420 g/mol. The van der Waals surface area contributed by atoms with Crippen molar-refractivity contribution >= 4 is 30.0 Å². The van der Waals surface area contributed by atoms with Crippen molar-refractivity contribution in [1.29, 1.82) is 0 Å². The van der Waals surface area contributed by atoms with Crippen molar-refractivity contribution in [2.45, 2.75) is 6.61 Å². The first kappa shape index (κ1) is 19.1. The second-order valence-electron chi connectivity index (χ2n) is 6.26. The van der Waals surface area contributed by atoms with E-state index in [1.807, 2.05) is 66.7 Å². The zero-order chi connectivity index (χ0) is 20.1. The standard InChI is InChI=1S/C22H17ClN4OS/c23-19-11-9-18(10-12-19)21-25-26-22(29)27(21)24-14-17-7-4-8-20(13-17)28-15-16-5-2-1-3-6-16/h1-14H,15H2,(H,26,29)/b24-14-. The van der Waals surface area contributed by atoms with E-state index in [1.165, 1.54) is 0 Å². The number of aromatic amines is 1. The predicted octanol–water partition coefficient (Wildman–Crippen LogP) is 5.72. The molecule has 0 atom stereocenters. The zero-order valence-corrected chi connectivity index (χ0v) is 16.9. The van der Waals surface area contributed by atoms with Crippen LogP contribution in [0.3, 0.4) is 0 Å². The van der Waals surface area contributed by atoms with Gasteiger partial charge in [-0.3, -0.25) is 0 Å². The van der Waals surface area contributed by atoms with E-state index in [0.717, 1.165) is 22.4 Å². The topological polar surface area (TPSA) is 55.2 Å². The van der Waals surface area contributed by atoms with Crippen LogP contribution in [0.4, 0.5) is 0 Å². The quantitative estimate of drug-likeness (QED) is 0.320. The molecule has 0 radical (unpaired) electrons. The summed E-state index contributed by atoms with van der Waals surface area (Å²) in [7, 11) is 0. The lowest BCUT2D eigenvalue weighted by molar-refractivity contribution is 0.306. The van der Waals surface area contributed by atoms with Crippen LogP contribution in [0.5, 0.6) is 5.75 Å². The Morgan fingerprint density at radius 2 is 1.83 bits per heavy atom. The van der Waals surface area contributed by atoms with Gasteiger partial charge in [-0.1, -0.05) is 54.1 Å². The molecule has 7 heteroatoms. The SMILES string of the molecule is S=c1[nH]nc(-c2ccc(Cl)cc2)n1/N=C\c1cccc(OCc2ccccc2)c1. The summed E-state index contributed by atoms with van der Waals surface area (Å²) < 4.78 is 7.86. The minimum Gasteiger partial charge on any atom is -0.489 e. The molecule has 144 valence electrons. The molecule has 0 amide bonds. The maximum absolute atomic E-state index is 5.97. The average Bonchev–Trinajstić information content (AvgIpc) is 3.13. The maximum Gasteiger partial charge on any atom is 0.216 e. The molecular weight excluding hydrogens is 404 g/mol. The van der Waals surface area contributed by atoms with Crippen molar-refractivity contribution in [2.24, 2.45) is 5.10 Å². The van der Waals surface area contributed by atoms with Gasteiger partial charge in [0.1, 0.15) is 12.4 Å². The molecule has 0 saturated heterocycles. The van der Waals surface area contributed by atoms with Crippen molar-refractivity contribution in [3.05, 3.63) is 99.8 Å². The minimum absolute atomic E-state index is 0.405. The van der Waals surface area contributed by atoms with Crippen molar-refractivity contribution < 1.29 is 4.74 Å². The van der Waals surface area contributed by atoms with Gasteiger partial charge in [0.2, 0.25) is 4.77 Å². The normalized spacial score (nSPS) is 11.1. The maximum atomic E-state index is 5.97. The van der Waals surface area contributed by atoms with Gasteiger partial charge in [-0.15, -0.1) is 0 Å². The number of ether oxygens (including phenoxy) is 1. The second kappa shape index (κ2) is 8.86. The summed E-state index contributed by atoms with van der Waals surface area (Å²) in [5, 5.41) is 12.2. The first-order valence-electron chi connectivity index (χ1n) is 8.93. The fourth-order valence-electron chi connectivity index (χ4n) is 2.73. The highest BCUT2D eigenvalue weighted by atomic mass is 35.5. The van der Waals surface area contributed by atoms with Crippen molar-refractivity contribution in [1.82, 2.24) is 14.9 Å². The Balaban J connectivity index is 1.53. The molecule has 0 spiro atoms. The predicted molar refractivity (Wildman–Crippen MR) is 118 cm³/mol. The summed E-state index contributed by atoms with van der Waals surface area (Å²) in [6, 6.07) is 25.1. The molecule has 1 N–H and O–H groups in total. The van der Waals surface area contributed by atoms with Gasteiger partial charge in [0.05, 0.1) is 6.21 Å². The zero-order valence-electron chi connectivity index (χ0n) is 15.3. The van der Waals surface area contributed by atoms with Gasteiger partial charge in [0, 0.05) is 10.6 Å². The van der Waals surface area contributed by atoms with Crippen LogP contribution in [0.15, 0.2) is 84.0 Å². The van der Waals surface area contributed by atoms with Crippen molar-refractivity contribution in [2.75, 3.05) is 0 Å². The van der Waals surface area contributed by atoms with E-state index in [9.17, 15) is 0 Å². The number of rotatable bonds is 6. The molecule has 29 heavy (non-hydrogen) atoms. The average molecular weight is 421 g/mol. The molecule has 1 aromatic heterocycles. The Labute approximate surface area is 178 Å². The van der Waals surface area contributed by atoms with Crippen LogP contribution < -0.4 is 4.74 Å². The summed E-state index contributed by atoms with van der Waals surface area (Å²) in [5.41, 5.74) is 2.86. The largest absolute Gasteiger partial charge is 0.489 e. The number of hydrogen-bond acceptors (Lipinski definition) is 4. The lowest BCUT2D eigenvalue weighted by Crippen LogP contribution is -1.97. The third-order valence-corrected chi connectivity index (χ3v) is 4.70. The van der Waals surface area contributed by atoms with E-state index in [-0.39, 0.29) is 0 Å². The van der Waals surface area contributed by atoms with E-state index >= 15 is 0 Å². The number of H-pyrrole nitrogens is 1. The number of nitrogens with zero attached hydrogens (tertiary/aromatic N) is 3. The highest BCUT2D eigenvalue weighted by Crippen LogP contribution is 2.20. The van der Waals surface area contributed by atoms with Crippen LogP contribution in [0.25, 0.3) is 11.4 Å². The van der Waals surface area contributed by atoms with Crippen molar-refractivity contribution in [3.63, 3.8) is 0 Å². The summed E-state index contributed by atoms with van der Waals surface area (Å²) in [5.74, 6) is 1.38. The van der Waals surface area contributed by atoms with E-state index in [1.54, 1.807) is 23.0 Å². The van der Waals surface area contributed by atoms with E-state index in [2.05, 4.69) is 15.3 Å². The first-order chi connectivity index (χ1) is 14.2. The molecule has 5 nitrogen and oxygen atoms in total. The Morgan fingerprint density at radius 1 is 1.03 bits per heavy atom. The first-order valence-corrected chi connectivity index (χ1v) is 9.72. The Kier molecular flexibility index (Phi) is 5.84. The number of halogens is 1.